The molecule has 4 rings (SSSR count). The van der Waals surface area contributed by atoms with Gasteiger partial charge in [-0.3, -0.25) is 0 Å². The third kappa shape index (κ3) is 1.57. The summed E-state index contributed by atoms with van der Waals surface area (Å²) in [5.74, 6) is 3.17. The zero-order valence-corrected chi connectivity index (χ0v) is 12.0. The van der Waals surface area contributed by atoms with E-state index in [0.717, 1.165) is 22.1 Å². The van der Waals surface area contributed by atoms with Crippen LogP contribution in [0.5, 0.6) is 5.75 Å². The largest absolute Gasteiger partial charge is 0.493 e. The van der Waals surface area contributed by atoms with E-state index in [-0.39, 0.29) is 0 Å². The minimum atomic E-state index is 0.462. The Bertz CT molecular complexity index is 660. The molecule has 0 amide bonds. The standard InChI is InChI=1S/C13H11NOS3/c16-13-14-12-11(18-13)10-7(6-17-12)5-15-9-4-2-1-3-8(9)10/h1-4,7,10H,5-6H2,(H,14,16)/t7-,10-/m1/s1. The quantitative estimate of drug-likeness (QED) is 0.742. The van der Waals surface area contributed by atoms with E-state index in [2.05, 4.69) is 23.2 Å². The number of aromatic nitrogens is 1. The molecule has 0 aliphatic carbocycles. The van der Waals surface area contributed by atoms with E-state index in [1.54, 1.807) is 11.3 Å². The normalized spacial score (nSPS) is 24.7. The Morgan fingerprint density at radius 3 is 3.17 bits per heavy atom. The minimum absolute atomic E-state index is 0.462. The summed E-state index contributed by atoms with van der Waals surface area (Å²) in [6, 6.07) is 8.39. The molecule has 2 aliphatic heterocycles. The molecule has 1 aromatic heterocycles. The van der Waals surface area contributed by atoms with Crippen LogP contribution in [0, 0.1) is 9.87 Å². The lowest BCUT2D eigenvalue weighted by Crippen LogP contribution is -2.30. The zero-order valence-electron chi connectivity index (χ0n) is 9.51. The Kier molecular flexibility index (Phi) is 2.53. The first kappa shape index (κ1) is 11.1. The number of hydrogen-bond donors (Lipinski definition) is 1. The van der Waals surface area contributed by atoms with Gasteiger partial charge in [0, 0.05) is 28.0 Å². The van der Waals surface area contributed by atoms with Crippen molar-refractivity contribution in [3.05, 3.63) is 38.7 Å². The van der Waals surface area contributed by atoms with Crippen LogP contribution in [0.1, 0.15) is 16.4 Å². The number of nitrogens with one attached hydrogen (secondary N) is 1. The van der Waals surface area contributed by atoms with Crippen LogP contribution in [0.4, 0.5) is 0 Å². The molecule has 0 spiro atoms. The van der Waals surface area contributed by atoms with Gasteiger partial charge in [0.2, 0.25) is 0 Å². The number of H-pyrrole nitrogens is 1. The van der Waals surface area contributed by atoms with Gasteiger partial charge in [0.1, 0.15) is 5.75 Å². The van der Waals surface area contributed by atoms with Crippen LogP contribution in [0.15, 0.2) is 29.3 Å². The SMILES string of the molecule is S=c1[nH]c2c(s1)[C@H]1c3ccccc3OC[C@@H]1CS2. The number of thioether (sulfide) groups is 1. The maximum atomic E-state index is 5.87. The molecule has 1 aromatic carbocycles. The van der Waals surface area contributed by atoms with Crippen LogP contribution in [0.3, 0.4) is 0 Å². The number of aromatic amines is 1. The summed E-state index contributed by atoms with van der Waals surface area (Å²) < 4.78 is 6.76. The van der Waals surface area contributed by atoms with Crippen molar-refractivity contribution in [1.82, 2.24) is 4.98 Å². The summed E-state index contributed by atoms with van der Waals surface area (Å²) in [5, 5.41) is 1.27. The number of thiazole rings is 1. The van der Waals surface area contributed by atoms with Gasteiger partial charge in [-0.25, -0.2) is 0 Å². The van der Waals surface area contributed by atoms with Crippen LogP contribution in [0.2, 0.25) is 0 Å². The number of fused-ring (bicyclic) bond motifs is 5. The summed E-state index contributed by atoms with van der Waals surface area (Å²) in [7, 11) is 0. The highest BCUT2D eigenvalue weighted by Crippen LogP contribution is 2.50. The molecular weight excluding hydrogens is 282 g/mol. The van der Waals surface area contributed by atoms with Crippen molar-refractivity contribution in [2.45, 2.75) is 10.9 Å². The van der Waals surface area contributed by atoms with E-state index in [0.29, 0.717) is 11.8 Å². The topological polar surface area (TPSA) is 25.0 Å². The van der Waals surface area contributed by atoms with Crippen LogP contribution in [0.25, 0.3) is 0 Å². The minimum Gasteiger partial charge on any atom is -0.493 e. The summed E-state index contributed by atoms with van der Waals surface area (Å²) >= 11 is 8.89. The lowest BCUT2D eigenvalue weighted by Gasteiger charge is -2.35. The highest BCUT2D eigenvalue weighted by molar-refractivity contribution is 7.99. The molecule has 2 nitrogen and oxygen atoms in total. The zero-order chi connectivity index (χ0) is 12.1. The number of para-hydroxylation sites is 1. The van der Waals surface area contributed by atoms with Crippen molar-refractivity contribution in [3.63, 3.8) is 0 Å². The first-order valence-electron chi connectivity index (χ1n) is 5.90. The predicted molar refractivity (Wildman–Crippen MR) is 77.5 cm³/mol. The molecule has 5 heteroatoms. The van der Waals surface area contributed by atoms with Gasteiger partial charge >= 0.3 is 0 Å². The maximum absolute atomic E-state index is 5.87. The molecule has 2 aromatic rings. The Morgan fingerprint density at radius 1 is 1.33 bits per heavy atom. The van der Waals surface area contributed by atoms with Crippen molar-refractivity contribution < 1.29 is 4.74 Å². The van der Waals surface area contributed by atoms with Crippen LogP contribution < -0.4 is 4.74 Å². The van der Waals surface area contributed by atoms with E-state index >= 15 is 0 Å². The van der Waals surface area contributed by atoms with Gasteiger partial charge in [-0.2, -0.15) is 0 Å². The molecule has 0 fully saturated rings. The first-order chi connectivity index (χ1) is 8.83. The second kappa shape index (κ2) is 4.11. The van der Waals surface area contributed by atoms with Gasteiger partial charge in [0.05, 0.1) is 11.6 Å². The predicted octanol–water partition coefficient (Wildman–Crippen LogP) is 4.05. The summed E-state index contributed by atoms with van der Waals surface area (Å²) in [6.45, 7) is 0.818. The summed E-state index contributed by atoms with van der Waals surface area (Å²) in [5.41, 5.74) is 1.32. The summed E-state index contributed by atoms with van der Waals surface area (Å²) in [6.07, 6.45) is 0. The van der Waals surface area contributed by atoms with Gasteiger partial charge in [-0.15, -0.1) is 23.1 Å². The Balaban J connectivity index is 1.93. The lowest BCUT2D eigenvalue weighted by molar-refractivity contribution is 0.219. The lowest BCUT2D eigenvalue weighted by atomic mass is 9.84. The second-order valence-electron chi connectivity index (χ2n) is 4.61. The number of ether oxygens (including phenoxy) is 1. The molecule has 0 bridgehead atoms. The second-order valence-corrected chi connectivity index (χ2v) is 7.35. The molecule has 0 saturated heterocycles. The molecule has 1 N–H and O–H groups in total. The fraction of sp³-hybridized carbons (Fsp3) is 0.308. The molecule has 18 heavy (non-hydrogen) atoms. The summed E-state index contributed by atoms with van der Waals surface area (Å²) in [4.78, 5) is 4.72. The molecule has 92 valence electrons. The molecule has 3 heterocycles. The van der Waals surface area contributed by atoms with Crippen molar-refractivity contribution in [2.24, 2.45) is 5.92 Å². The van der Waals surface area contributed by atoms with E-state index in [1.807, 2.05) is 17.8 Å². The average Bonchev–Trinajstić information content (AvgIpc) is 2.78. The first-order valence-corrected chi connectivity index (χ1v) is 8.11. The van der Waals surface area contributed by atoms with E-state index in [9.17, 15) is 0 Å². The number of benzene rings is 1. The van der Waals surface area contributed by atoms with Gasteiger partial charge in [0.15, 0.2) is 3.95 Å². The average molecular weight is 293 g/mol. The van der Waals surface area contributed by atoms with Crippen LogP contribution in [-0.4, -0.2) is 17.3 Å². The highest BCUT2D eigenvalue weighted by Gasteiger charge is 2.38. The van der Waals surface area contributed by atoms with Gasteiger partial charge in [-0.05, 0) is 18.3 Å². The highest BCUT2D eigenvalue weighted by atomic mass is 32.2. The van der Waals surface area contributed by atoms with Crippen molar-refractivity contribution in [1.29, 1.82) is 0 Å². The van der Waals surface area contributed by atoms with Crippen molar-refractivity contribution in [3.8, 4) is 5.75 Å². The van der Waals surface area contributed by atoms with Crippen molar-refractivity contribution in [2.75, 3.05) is 12.4 Å². The van der Waals surface area contributed by atoms with E-state index in [1.165, 1.54) is 15.5 Å². The van der Waals surface area contributed by atoms with Crippen molar-refractivity contribution >= 4 is 35.3 Å². The number of rotatable bonds is 0. The fourth-order valence-electron chi connectivity index (χ4n) is 2.74. The molecule has 0 saturated carbocycles. The fourth-order valence-corrected chi connectivity index (χ4v) is 5.60. The Hall–Kier alpha value is -0.780. The van der Waals surface area contributed by atoms with Gasteiger partial charge in [0.25, 0.3) is 0 Å². The molecule has 0 radical (unpaired) electrons. The monoisotopic (exact) mass is 293 g/mol. The smallest absolute Gasteiger partial charge is 0.159 e. The third-order valence-electron chi connectivity index (χ3n) is 3.54. The Morgan fingerprint density at radius 2 is 2.22 bits per heavy atom. The molecule has 0 unspecified atom stereocenters. The van der Waals surface area contributed by atoms with E-state index < -0.39 is 0 Å². The van der Waals surface area contributed by atoms with Gasteiger partial charge < -0.3 is 9.72 Å². The number of hydrogen-bond acceptors (Lipinski definition) is 4. The van der Waals surface area contributed by atoms with Gasteiger partial charge in [-0.1, -0.05) is 18.2 Å². The molecular formula is C13H11NOS3. The van der Waals surface area contributed by atoms with Crippen LogP contribution >= 0.6 is 35.3 Å². The van der Waals surface area contributed by atoms with E-state index in [4.69, 9.17) is 17.0 Å². The van der Waals surface area contributed by atoms with Crippen LogP contribution in [-0.2, 0) is 0 Å². The maximum Gasteiger partial charge on any atom is 0.159 e. The molecule has 2 atom stereocenters. The Labute approximate surface area is 118 Å². The molecule has 2 aliphatic rings. The third-order valence-corrected chi connectivity index (χ3v) is 6.20.